The number of likely N-dealkylation sites (tertiary alicyclic amines) is 1. The summed E-state index contributed by atoms with van der Waals surface area (Å²) in [6, 6.07) is 0.851. The lowest BCUT2D eigenvalue weighted by atomic mass is 9.88. The van der Waals surface area contributed by atoms with Crippen LogP contribution in [0.2, 0.25) is 0 Å². The van der Waals surface area contributed by atoms with Gasteiger partial charge in [-0.2, -0.15) is 0 Å². The molecule has 1 saturated carbocycles. The minimum atomic E-state index is 0.359. The van der Waals surface area contributed by atoms with E-state index in [0.29, 0.717) is 5.54 Å². The van der Waals surface area contributed by atoms with Crippen LogP contribution in [-0.2, 0) is 0 Å². The van der Waals surface area contributed by atoms with Gasteiger partial charge in [0.25, 0.3) is 0 Å². The summed E-state index contributed by atoms with van der Waals surface area (Å²) >= 11 is 0. The molecule has 2 nitrogen and oxygen atoms in total. The Morgan fingerprint density at radius 1 is 1.00 bits per heavy atom. The Morgan fingerprint density at radius 2 is 1.47 bits per heavy atom. The Kier molecular flexibility index (Phi) is 2.85. The molecule has 0 N–H and O–H groups in total. The molecule has 0 radical (unpaired) electrons. The monoisotopic (exact) mass is 210 g/mol. The fourth-order valence-corrected chi connectivity index (χ4v) is 3.58. The third kappa shape index (κ3) is 2.07. The highest BCUT2D eigenvalue weighted by atomic mass is 15.2. The molecular weight excluding hydrogens is 184 g/mol. The summed E-state index contributed by atoms with van der Waals surface area (Å²) in [6.07, 6.45) is 2.89. The molecule has 2 heteroatoms. The first-order valence-electron chi connectivity index (χ1n) is 6.31. The highest BCUT2D eigenvalue weighted by molar-refractivity contribution is 4.99. The van der Waals surface area contributed by atoms with Crippen LogP contribution in [0.25, 0.3) is 0 Å². The van der Waals surface area contributed by atoms with Crippen LogP contribution >= 0.6 is 0 Å². The molecule has 2 aliphatic rings. The maximum absolute atomic E-state index is 2.69. The Hall–Kier alpha value is -0.0800. The molecule has 1 aliphatic heterocycles. The quantitative estimate of drug-likeness (QED) is 0.653. The molecule has 1 heterocycles. The summed E-state index contributed by atoms with van der Waals surface area (Å²) in [7, 11) is 4.51. The van der Waals surface area contributed by atoms with Crippen LogP contribution in [0, 0.1) is 11.8 Å². The molecule has 2 bridgehead atoms. The van der Waals surface area contributed by atoms with Gasteiger partial charge in [-0.3, -0.25) is 4.90 Å². The largest absolute Gasteiger partial charge is 0.306 e. The van der Waals surface area contributed by atoms with Crippen molar-refractivity contribution in [2.24, 2.45) is 11.8 Å². The molecule has 0 aromatic carbocycles. The van der Waals surface area contributed by atoms with Crippen molar-refractivity contribution in [1.29, 1.82) is 0 Å². The van der Waals surface area contributed by atoms with E-state index in [1.807, 2.05) is 0 Å². The van der Waals surface area contributed by atoms with Gasteiger partial charge < -0.3 is 4.90 Å². The van der Waals surface area contributed by atoms with Gasteiger partial charge in [0.2, 0.25) is 0 Å². The van der Waals surface area contributed by atoms with Crippen LogP contribution in [-0.4, -0.2) is 48.6 Å². The Bertz CT molecular complexity index is 215. The molecule has 88 valence electrons. The zero-order valence-electron chi connectivity index (χ0n) is 11.0. The van der Waals surface area contributed by atoms with Gasteiger partial charge in [0.05, 0.1) is 0 Å². The van der Waals surface area contributed by atoms with E-state index >= 15 is 0 Å². The van der Waals surface area contributed by atoms with Crippen molar-refractivity contribution >= 4 is 0 Å². The minimum absolute atomic E-state index is 0.359. The normalized spacial score (nSPS) is 37.6. The fraction of sp³-hybridized carbons (Fsp3) is 1.00. The van der Waals surface area contributed by atoms with E-state index < -0.39 is 0 Å². The van der Waals surface area contributed by atoms with E-state index in [-0.39, 0.29) is 0 Å². The van der Waals surface area contributed by atoms with Gasteiger partial charge in [0.15, 0.2) is 0 Å². The van der Waals surface area contributed by atoms with Crippen molar-refractivity contribution in [2.45, 2.75) is 45.2 Å². The predicted octanol–water partition coefficient (Wildman–Crippen LogP) is 2.06. The second-order valence-corrected chi connectivity index (χ2v) is 6.63. The lowest BCUT2D eigenvalue weighted by Crippen LogP contribution is -2.55. The average molecular weight is 210 g/mol. The van der Waals surface area contributed by atoms with Crippen molar-refractivity contribution in [2.75, 3.05) is 27.2 Å². The SMILES string of the molecule is CN(C)C1C2CCC1CN(C(C)(C)C)C2. The lowest BCUT2D eigenvalue weighted by Gasteiger charge is -2.46. The maximum Gasteiger partial charge on any atom is 0.0170 e. The van der Waals surface area contributed by atoms with Crippen LogP contribution < -0.4 is 0 Å². The molecule has 1 aliphatic carbocycles. The second-order valence-electron chi connectivity index (χ2n) is 6.63. The molecule has 0 amide bonds. The summed E-state index contributed by atoms with van der Waals surface area (Å²) in [5, 5.41) is 0. The van der Waals surface area contributed by atoms with Gasteiger partial charge in [-0.05, 0) is 59.5 Å². The number of nitrogens with zero attached hydrogens (tertiary/aromatic N) is 2. The van der Waals surface area contributed by atoms with Crippen molar-refractivity contribution in [3.63, 3.8) is 0 Å². The molecular formula is C13H26N2. The van der Waals surface area contributed by atoms with Crippen molar-refractivity contribution < 1.29 is 0 Å². The highest BCUT2D eigenvalue weighted by Crippen LogP contribution is 2.40. The van der Waals surface area contributed by atoms with Crippen LogP contribution in [0.3, 0.4) is 0 Å². The lowest BCUT2D eigenvalue weighted by molar-refractivity contribution is 0.0228. The molecule has 2 fully saturated rings. The predicted molar refractivity (Wildman–Crippen MR) is 65.0 cm³/mol. The van der Waals surface area contributed by atoms with Gasteiger partial charge in [-0.1, -0.05) is 0 Å². The Labute approximate surface area is 94.6 Å². The van der Waals surface area contributed by atoms with Crippen molar-refractivity contribution in [3.8, 4) is 0 Å². The van der Waals surface area contributed by atoms with E-state index in [2.05, 4.69) is 44.7 Å². The first-order chi connectivity index (χ1) is 6.89. The Morgan fingerprint density at radius 3 is 1.80 bits per heavy atom. The first kappa shape index (κ1) is 11.4. The molecule has 15 heavy (non-hydrogen) atoms. The van der Waals surface area contributed by atoms with Crippen LogP contribution in [0.5, 0.6) is 0 Å². The fourth-order valence-electron chi connectivity index (χ4n) is 3.58. The first-order valence-corrected chi connectivity index (χ1v) is 6.31. The number of hydrogen-bond acceptors (Lipinski definition) is 2. The van der Waals surface area contributed by atoms with Gasteiger partial charge in [-0.25, -0.2) is 0 Å². The Balaban J connectivity index is 2.08. The van der Waals surface area contributed by atoms with E-state index in [1.54, 1.807) is 0 Å². The van der Waals surface area contributed by atoms with Crippen molar-refractivity contribution in [1.82, 2.24) is 9.80 Å². The highest BCUT2D eigenvalue weighted by Gasteiger charge is 2.44. The summed E-state index contributed by atoms with van der Waals surface area (Å²) in [5.41, 5.74) is 0.359. The zero-order valence-corrected chi connectivity index (χ0v) is 11.0. The molecule has 1 saturated heterocycles. The van der Waals surface area contributed by atoms with Crippen LogP contribution in [0.15, 0.2) is 0 Å². The molecule has 0 spiro atoms. The summed E-state index contributed by atoms with van der Waals surface area (Å²) in [5.74, 6) is 1.83. The number of rotatable bonds is 1. The molecule has 2 atom stereocenters. The molecule has 2 unspecified atom stereocenters. The smallest absolute Gasteiger partial charge is 0.0170 e. The third-order valence-corrected chi connectivity index (χ3v) is 4.33. The average Bonchev–Trinajstić information content (AvgIpc) is 2.35. The summed E-state index contributed by atoms with van der Waals surface area (Å²) < 4.78 is 0. The zero-order chi connectivity index (χ0) is 11.2. The summed E-state index contributed by atoms with van der Waals surface area (Å²) in [6.45, 7) is 9.67. The number of fused-ring (bicyclic) bond motifs is 2. The van der Waals surface area contributed by atoms with E-state index in [1.165, 1.54) is 25.9 Å². The second kappa shape index (κ2) is 3.74. The van der Waals surface area contributed by atoms with E-state index in [4.69, 9.17) is 0 Å². The van der Waals surface area contributed by atoms with Crippen LogP contribution in [0.1, 0.15) is 33.6 Å². The molecule has 0 aromatic heterocycles. The third-order valence-electron chi connectivity index (χ3n) is 4.33. The van der Waals surface area contributed by atoms with Gasteiger partial charge in [0.1, 0.15) is 0 Å². The topological polar surface area (TPSA) is 6.48 Å². The molecule has 2 rings (SSSR count). The number of piperidine rings is 1. The standard InChI is InChI=1S/C13H26N2/c1-13(2,3)15-8-10-6-7-11(9-15)12(10)14(4)5/h10-12H,6-9H2,1-5H3. The summed E-state index contributed by atoms with van der Waals surface area (Å²) in [4.78, 5) is 5.15. The van der Waals surface area contributed by atoms with E-state index in [9.17, 15) is 0 Å². The maximum atomic E-state index is 2.69. The van der Waals surface area contributed by atoms with Crippen molar-refractivity contribution in [3.05, 3.63) is 0 Å². The van der Waals surface area contributed by atoms with Gasteiger partial charge in [-0.15, -0.1) is 0 Å². The van der Waals surface area contributed by atoms with Gasteiger partial charge in [0, 0.05) is 24.7 Å². The van der Waals surface area contributed by atoms with E-state index in [0.717, 1.165) is 17.9 Å². The van der Waals surface area contributed by atoms with Crippen LogP contribution in [0.4, 0.5) is 0 Å². The number of hydrogen-bond donors (Lipinski definition) is 0. The van der Waals surface area contributed by atoms with Gasteiger partial charge >= 0.3 is 0 Å². The molecule has 0 aromatic rings. The minimum Gasteiger partial charge on any atom is -0.306 e.